The van der Waals surface area contributed by atoms with E-state index in [4.69, 9.17) is 9.97 Å². The van der Waals surface area contributed by atoms with Crippen LogP contribution in [0.1, 0.15) is 137 Å². The fourth-order valence-corrected chi connectivity index (χ4v) is 14.3. The number of nitrogens with zero attached hydrogens (tertiary/aromatic N) is 9. The smallest absolute Gasteiger partial charge is 0.262 e. The molecule has 8 heterocycles. The van der Waals surface area contributed by atoms with Gasteiger partial charge in [0, 0.05) is 99.1 Å². The maximum absolute atomic E-state index is 15.4. The largest absolute Gasteiger partial charge is 0.371 e. The number of fused-ring (bicyclic) bond motifs is 4. The number of hydrogen-bond donors (Lipinski definition) is 2. The molecule has 1 spiro atoms. The molecule has 0 radical (unpaired) electrons. The molecule has 1 unspecified atom stereocenters. The van der Waals surface area contributed by atoms with Crippen molar-refractivity contribution in [2.24, 2.45) is 11.3 Å². The van der Waals surface area contributed by atoms with Gasteiger partial charge in [0.15, 0.2) is 5.82 Å². The van der Waals surface area contributed by atoms with Crippen LogP contribution in [0.2, 0.25) is 0 Å². The fraction of sp³-hybridized carbons (Fsp3) is 0.508. The van der Waals surface area contributed by atoms with Crippen molar-refractivity contribution in [2.45, 2.75) is 134 Å². The van der Waals surface area contributed by atoms with Crippen LogP contribution in [0.3, 0.4) is 0 Å². The molecule has 12 rings (SSSR count). The number of carbonyl (C=O) groups is 7. The van der Waals surface area contributed by atoms with Gasteiger partial charge in [-0.1, -0.05) is 37.6 Å². The highest BCUT2D eigenvalue weighted by Gasteiger charge is 2.57. The molecule has 1 saturated carbocycles. The molecule has 430 valence electrons. The number of pyridine rings is 1. The van der Waals surface area contributed by atoms with Gasteiger partial charge in [0.1, 0.15) is 17.6 Å². The highest BCUT2D eigenvalue weighted by Crippen LogP contribution is 2.53. The van der Waals surface area contributed by atoms with Crippen molar-refractivity contribution < 1.29 is 38.0 Å². The third-order valence-corrected chi connectivity index (χ3v) is 19.4. The second-order valence-corrected chi connectivity index (χ2v) is 24.5. The molecular weight excluding hydrogens is 1040 g/mol. The second kappa shape index (κ2) is 22.0. The minimum Gasteiger partial charge on any atom is -0.371 e. The number of nitrogens with one attached hydrogen (secondary N) is 2. The summed E-state index contributed by atoms with van der Waals surface area (Å²) in [5.74, 6) is -1.21. The van der Waals surface area contributed by atoms with Crippen LogP contribution in [0.4, 0.5) is 27.3 Å². The molecule has 5 fully saturated rings. The van der Waals surface area contributed by atoms with Gasteiger partial charge in [-0.2, -0.15) is 0 Å². The zero-order chi connectivity index (χ0) is 57.2. The van der Waals surface area contributed by atoms with E-state index in [9.17, 15) is 28.8 Å². The van der Waals surface area contributed by atoms with Crippen LogP contribution in [-0.4, -0.2) is 153 Å². The maximum Gasteiger partial charge on any atom is 0.262 e. The number of aromatic nitrogens is 3. The van der Waals surface area contributed by atoms with E-state index in [-0.39, 0.29) is 71.4 Å². The van der Waals surface area contributed by atoms with Crippen molar-refractivity contribution in [3.63, 3.8) is 0 Å². The summed E-state index contributed by atoms with van der Waals surface area (Å²) in [6.45, 7) is 11.4. The van der Waals surface area contributed by atoms with Gasteiger partial charge in [-0.05, 0) is 146 Å². The zero-order valence-corrected chi connectivity index (χ0v) is 47.5. The molecule has 2 aromatic heterocycles. The standard InChI is InChI=1S/C63H74FN11O7/c1-39(2)73-38-66-52-36-51(68-56(55(52)73)67-50-11-7-6-10-49(50)64)41-12-16-48-53(32-41)74(45-33-44(34-45)69-24-8-5-9-25-69)61(82)63(48)22-30-72(31-23-63)60(81)62(3)20-28-71(29-21-62)57(78)40-18-26-70(27-19-40)42-13-15-46-47(35-42)59(80)75(58(46)79)43(37-76)14-17-54(77)65-4/h6-7,10-13,15-16,32,35-40,43-45H,5,8-9,14,17-31,33-34H2,1-4H3,(H,65,77)(H,67,68). The minimum absolute atomic E-state index is 0.00228. The van der Waals surface area contributed by atoms with Gasteiger partial charge in [-0.25, -0.2) is 14.4 Å². The molecule has 1 atom stereocenters. The first-order valence-electron chi connectivity index (χ1n) is 29.7. The topological polar surface area (TPSA) is 194 Å². The van der Waals surface area contributed by atoms with Crippen LogP contribution >= 0.6 is 0 Å². The van der Waals surface area contributed by atoms with Crippen LogP contribution in [0.5, 0.6) is 0 Å². The third-order valence-electron chi connectivity index (χ3n) is 19.4. The Kier molecular flexibility index (Phi) is 14.7. The maximum atomic E-state index is 15.4. The molecular formula is C63H74FN11O7. The Morgan fingerprint density at radius 1 is 0.805 bits per heavy atom. The van der Waals surface area contributed by atoms with Crippen LogP contribution in [-0.2, 0) is 29.4 Å². The lowest BCUT2D eigenvalue weighted by Crippen LogP contribution is -2.59. The predicted octanol–water partition coefficient (Wildman–Crippen LogP) is 8.02. The number of halogens is 1. The predicted molar refractivity (Wildman–Crippen MR) is 309 cm³/mol. The summed E-state index contributed by atoms with van der Waals surface area (Å²) in [7, 11) is 1.49. The Labute approximate surface area is 477 Å². The van der Waals surface area contributed by atoms with E-state index in [1.807, 2.05) is 33.4 Å². The van der Waals surface area contributed by atoms with E-state index in [0.717, 1.165) is 64.4 Å². The van der Waals surface area contributed by atoms with Gasteiger partial charge in [0.2, 0.25) is 23.6 Å². The Bertz CT molecular complexity index is 3360. The number of anilines is 4. The number of para-hydroxylation sites is 1. The minimum atomic E-state index is -1.05. The van der Waals surface area contributed by atoms with Crippen LogP contribution in [0.15, 0.2) is 73.1 Å². The average molecular weight is 1120 g/mol. The van der Waals surface area contributed by atoms with Crippen molar-refractivity contribution in [3.8, 4) is 11.3 Å². The number of carbonyl (C=O) groups excluding carboxylic acids is 7. The number of amides is 6. The lowest BCUT2D eigenvalue weighted by molar-refractivity contribution is -0.150. The molecule has 7 aliphatic rings. The van der Waals surface area contributed by atoms with Gasteiger partial charge in [0.05, 0.1) is 45.8 Å². The van der Waals surface area contributed by atoms with Crippen molar-refractivity contribution in [1.29, 1.82) is 0 Å². The Balaban J connectivity index is 0.706. The number of benzene rings is 3. The van der Waals surface area contributed by atoms with E-state index in [2.05, 4.69) is 51.3 Å². The third kappa shape index (κ3) is 9.69. The first-order valence-corrected chi connectivity index (χ1v) is 29.7. The molecule has 6 amide bonds. The lowest BCUT2D eigenvalue weighted by Gasteiger charge is -2.48. The van der Waals surface area contributed by atoms with E-state index in [1.54, 1.807) is 42.7 Å². The van der Waals surface area contributed by atoms with Crippen LogP contribution < -0.4 is 20.4 Å². The molecule has 0 bridgehead atoms. The van der Waals surface area contributed by atoms with Crippen molar-refractivity contribution in [2.75, 3.05) is 74.5 Å². The van der Waals surface area contributed by atoms with E-state index in [1.165, 1.54) is 32.4 Å². The number of imidazole rings is 1. The van der Waals surface area contributed by atoms with E-state index < -0.39 is 28.7 Å². The van der Waals surface area contributed by atoms with Crippen molar-refractivity contribution in [3.05, 3.63) is 95.6 Å². The van der Waals surface area contributed by atoms with Gasteiger partial charge < -0.3 is 44.5 Å². The molecule has 3 aromatic carbocycles. The second-order valence-electron chi connectivity index (χ2n) is 24.5. The van der Waals surface area contributed by atoms with Crippen molar-refractivity contribution in [1.82, 2.24) is 39.5 Å². The SMILES string of the molecule is CNC(=O)CCC(C=O)N1C(=O)c2ccc(N3CCC(C(=O)N4CCC(C)(C(=O)N5CCC6(CC5)C(=O)N(C5CC(N7CCCCC7)C5)c5cc(-c7cc8ncn(C(C)C)c8c(Nc8ccccc8F)n7)ccc56)CC4)CC3)cc2C1=O. The first kappa shape index (κ1) is 55.0. The number of piperidine rings is 4. The molecule has 1 aliphatic carbocycles. The molecule has 2 N–H and O–H groups in total. The van der Waals surface area contributed by atoms with Gasteiger partial charge >= 0.3 is 0 Å². The fourth-order valence-electron chi connectivity index (χ4n) is 14.3. The summed E-state index contributed by atoms with van der Waals surface area (Å²) < 4.78 is 17.2. The normalized spacial score (nSPS) is 22.2. The molecule has 5 aromatic rings. The Hall–Kier alpha value is -7.54. The van der Waals surface area contributed by atoms with Crippen LogP contribution in [0.25, 0.3) is 22.3 Å². The number of hydrogen-bond acceptors (Lipinski definition) is 12. The van der Waals surface area contributed by atoms with Gasteiger partial charge in [0.25, 0.3) is 11.8 Å². The lowest BCUT2D eigenvalue weighted by atomic mass is 9.72. The summed E-state index contributed by atoms with van der Waals surface area (Å²) in [6, 6.07) is 19.4. The molecule has 4 saturated heterocycles. The highest BCUT2D eigenvalue weighted by atomic mass is 19.1. The van der Waals surface area contributed by atoms with E-state index >= 15 is 9.18 Å². The summed E-state index contributed by atoms with van der Waals surface area (Å²) in [5.41, 5.74) is 4.96. The Morgan fingerprint density at radius 3 is 2.21 bits per heavy atom. The number of likely N-dealkylation sites (tertiary alicyclic amines) is 3. The average Bonchev–Trinajstić information content (AvgIpc) is 2.77. The zero-order valence-electron chi connectivity index (χ0n) is 47.5. The molecule has 18 nitrogen and oxygen atoms in total. The van der Waals surface area contributed by atoms with Gasteiger partial charge in [-0.15, -0.1) is 0 Å². The van der Waals surface area contributed by atoms with Crippen molar-refractivity contribution >= 4 is 75.6 Å². The number of aldehydes is 1. The monoisotopic (exact) mass is 1120 g/mol. The van der Waals surface area contributed by atoms with Gasteiger partial charge in [-0.3, -0.25) is 33.7 Å². The highest BCUT2D eigenvalue weighted by molar-refractivity contribution is 6.22. The summed E-state index contributed by atoms with van der Waals surface area (Å²) in [6.07, 6.45) is 11.2. The first-order chi connectivity index (χ1) is 39.6. The van der Waals surface area contributed by atoms with E-state index in [0.29, 0.717) is 107 Å². The Morgan fingerprint density at radius 2 is 1.51 bits per heavy atom. The molecule has 19 heteroatoms. The summed E-state index contributed by atoms with van der Waals surface area (Å²) in [5, 5.41) is 5.78. The molecule has 82 heavy (non-hydrogen) atoms. The van der Waals surface area contributed by atoms with Crippen LogP contribution in [0, 0.1) is 17.2 Å². The number of imide groups is 1. The summed E-state index contributed by atoms with van der Waals surface area (Å²) in [4.78, 5) is 116. The molecule has 6 aliphatic heterocycles. The number of rotatable bonds is 14. The summed E-state index contributed by atoms with van der Waals surface area (Å²) >= 11 is 0. The quantitative estimate of drug-likeness (QED) is 0.0805.